The number of aliphatic hydroxyl groups excluding tert-OH is 1. The third kappa shape index (κ3) is 4.47. The summed E-state index contributed by atoms with van der Waals surface area (Å²) in [5, 5.41) is 15.5. The van der Waals surface area contributed by atoms with Gasteiger partial charge in [-0.1, -0.05) is 49.6 Å². The zero-order valence-corrected chi connectivity index (χ0v) is 20.3. The lowest BCUT2D eigenvalue weighted by Gasteiger charge is -2.35. The summed E-state index contributed by atoms with van der Waals surface area (Å²) in [6, 6.07) is 9.10. The number of benzene rings is 1. The predicted molar refractivity (Wildman–Crippen MR) is 129 cm³/mol. The Hall–Kier alpha value is -2.45. The Balaban J connectivity index is 1.37. The molecule has 4 aliphatic rings. The highest BCUT2D eigenvalue weighted by molar-refractivity contribution is 5.99. The van der Waals surface area contributed by atoms with E-state index in [2.05, 4.69) is 10.6 Å². The molecule has 4 fully saturated rings. The van der Waals surface area contributed by atoms with Gasteiger partial charge in [-0.15, -0.1) is 0 Å². The summed E-state index contributed by atoms with van der Waals surface area (Å²) in [4.78, 5) is 42.5. The van der Waals surface area contributed by atoms with Crippen LogP contribution < -0.4 is 10.6 Å². The SMILES string of the molecule is O=C(NC1CCCCC1)C1N(CCCCO)C(=O)[C@@H]2[C@H](C(=O)NCc3ccccc3)[C@@H]3CCC12O3. The normalized spacial score (nSPS) is 32.0. The number of unbranched alkanes of at least 4 members (excludes halogenated alkanes) is 1. The van der Waals surface area contributed by atoms with E-state index in [9.17, 15) is 19.5 Å². The number of fused-ring (bicyclic) bond motifs is 1. The number of nitrogens with one attached hydrogen (secondary N) is 2. The summed E-state index contributed by atoms with van der Waals surface area (Å²) >= 11 is 0. The van der Waals surface area contributed by atoms with Gasteiger partial charge in [0.05, 0.1) is 17.9 Å². The third-order valence-corrected chi connectivity index (χ3v) is 8.42. The van der Waals surface area contributed by atoms with Crippen LogP contribution in [0.15, 0.2) is 30.3 Å². The highest BCUT2D eigenvalue weighted by Gasteiger charge is 2.74. The highest BCUT2D eigenvalue weighted by Crippen LogP contribution is 2.58. The molecule has 3 heterocycles. The van der Waals surface area contributed by atoms with Crippen molar-refractivity contribution in [3.8, 4) is 0 Å². The lowest BCUT2D eigenvalue weighted by atomic mass is 9.70. The van der Waals surface area contributed by atoms with E-state index in [1.54, 1.807) is 4.90 Å². The second-order valence-electron chi connectivity index (χ2n) is 10.6. The summed E-state index contributed by atoms with van der Waals surface area (Å²) < 4.78 is 6.47. The Morgan fingerprint density at radius 1 is 1.06 bits per heavy atom. The fourth-order valence-corrected chi connectivity index (χ4v) is 6.82. The molecule has 35 heavy (non-hydrogen) atoms. The van der Waals surface area contributed by atoms with Crippen LogP contribution in [0.1, 0.15) is 63.4 Å². The molecule has 2 unspecified atom stereocenters. The van der Waals surface area contributed by atoms with E-state index < -0.39 is 23.5 Å². The van der Waals surface area contributed by atoms with Gasteiger partial charge in [-0.05, 0) is 44.1 Å². The standard InChI is InChI=1S/C27H37N3O5/c31-16-8-7-15-30-23(25(33)29-19-11-5-2-6-12-19)27-14-13-20(35-27)21(22(27)26(30)34)24(32)28-17-18-9-3-1-4-10-18/h1,3-4,9-10,19-23,31H,2,5-8,11-17H2,(H,28,32)(H,29,33)/t20-,21+,22-,23?,27?/m0/s1. The van der Waals surface area contributed by atoms with Gasteiger partial charge in [0, 0.05) is 25.7 Å². The molecule has 5 rings (SSSR count). The molecule has 1 aromatic carbocycles. The maximum atomic E-state index is 13.8. The van der Waals surface area contributed by atoms with Gasteiger partial charge in [0.1, 0.15) is 11.6 Å². The van der Waals surface area contributed by atoms with E-state index in [0.717, 1.165) is 31.2 Å². The van der Waals surface area contributed by atoms with Crippen LogP contribution in [-0.4, -0.2) is 64.7 Å². The number of nitrogens with zero attached hydrogens (tertiary/aromatic N) is 1. The first kappa shape index (κ1) is 24.3. The van der Waals surface area contributed by atoms with Gasteiger partial charge in [-0.3, -0.25) is 14.4 Å². The number of amides is 3. The average Bonchev–Trinajstić information content (AvgIpc) is 3.51. The fourth-order valence-electron chi connectivity index (χ4n) is 6.82. The second-order valence-corrected chi connectivity index (χ2v) is 10.6. The van der Waals surface area contributed by atoms with Crippen LogP contribution in [0.5, 0.6) is 0 Å². The van der Waals surface area contributed by atoms with Gasteiger partial charge in [0.25, 0.3) is 0 Å². The van der Waals surface area contributed by atoms with Crippen molar-refractivity contribution in [2.75, 3.05) is 13.2 Å². The van der Waals surface area contributed by atoms with Crippen molar-refractivity contribution in [3.63, 3.8) is 0 Å². The summed E-state index contributed by atoms with van der Waals surface area (Å²) in [6.45, 7) is 0.814. The Morgan fingerprint density at radius 3 is 2.57 bits per heavy atom. The number of ether oxygens (including phenoxy) is 1. The van der Waals surface area contributed by atoms with Crippen LogP contribution in [0.2, 0.25) is 0 Å². The van der Waals surface area contributed by atoms with Gasteiger partial charge in [-0.25, -0.2) is 0 Å². The van der Waals surface area contributed by atoms with Crippen LogP contribution in [0.4, 0.5) is 0 Å². The molecule has 3 N–H and O–H groups in total. The molecule has 8 heteroatoms. The second kappa shape index (κ2) is 10.3. The fraction of sp³-hybridized carbons (Fsp3) is 0.667. The molecule has 190 valence electrons. The number of aliphatic hydroxyl groups is 1. The molecule has 3 aliphatic heterocycles. The minimum atomic E-state index is -0.950. The van der Waals surface area contributed by atoms with Crippen molar-refractivity contribution in [2.45, 2.75) is 88.1 Å². The molecule has 8 nitrogen and oxygen atoms in total. The summed E-state index contributed by atoms with van der Waals surface area (Å²) in [5.74, 6) is -1.72. The van der Waals surface area contributed by atoms with Crippen LogP contribution in [0.3, 0.4) is 0 Å². The molecule has 5 atom stereocenters. The van der Waals surface area contributed by atoms with Crippen molar-refractivity contribution >= 4 is 17.7 Å². The molecule has 1 aromatic rings. The molecule has 1 aliphatic carbocycles. The van der Waals surface area contributed by atoms with Crippen molar-refractivity contribution in [2.24, 2.45) is 11.8 Å². The molecule has 3 saturated heterocycles. The largest absolute Gasteiger partial charge is 0.396 e. The van der Waals surface area contributed by atoms with Crippen LogP contribution >= 0.6 is 0 Å². The zero-order chi connectivity index (χ0) is 24.4. The van der Waals surface area contributed by atoms with Crippen LogP contribution in [0, 0.1) is 11.8 Å². The number of hydrogen-bond donors (Lipinski definition) is 3. The predicted octanol–water partition coefficient (Wildman–Crippen LogP) is 1.90. The smallest absolute Gasteiger partial charge is 0.246 e. The van der Waals surface area contributed by atoms with E-state index in [1.807, 2.05) is 30.3 Å². The minimum absolute atomic E-state index is 0.0403. The molecule has 2 bridgehead atoms. The number of likely N-dealkylation sites (tertiary alicyclic amines) is 1. The number of carbonyl (C=O) groups excluding carboxylic acids is 3. The molecule has 3 amide bonds. The molecule has 0 radical (unpaired) electrons. The van der Waals surface area contributed by atoms with Crippen LogP contribution in [-0.2, 0) is 25.7 Å². The van der Waals surface area contributed by atoms with E-state index in [4.69, 9.17) is 4.74 Å². The third-order valence-electron chi connectivity index (χ3n) is 8.42. The lowest BCUT2D eigenvalue weighted by Crippen LogP contribution is -2.57. The molecule has 0 aromatic heterocycles. The maximum absolute atomic E-state index is 13.8. The van der Waals surface area contributed by atoms with E-state index in [-0.39, 0.29) is 36.5 Å². The molecular formula is C27H37N3O5. The number of carbonyl (C=O) groups is 3. The van der Waals surface area contributed by atoms with Crippen molar-refractivity contribution < 1.29 is 24.2 Å². The molecular weight excluding hydrogens is 446 g/mol. The minimum Gasteiger partial charge on any atom is -0.396 e. The van der Waals surface area contributed by atoms with Crippen molar-refractivity contribution in [1.82, 2.24) is 15.5 Å². The first-order valence-electron chi connectivity index (χ1n) is 13.3. The first-order valence-corrected chi connectivity index (χ1v) is 13.3. The molecule has 1 saturated carbocycles. The average molecular weight is 484 g/mol. The van der Waals surface area contributed by atoms with Crippen molar-refractivity contribution in [1.29, 1.82) is 0 Å². The highest BCUT2D eigenvalue weighted by atomic mass is 16.5. The van der Waals surface area contributed by atoms with Gasteiger partial charge in [0.15, 0.2) is 0 Å². The monoisotopic (exact) mass is 483 g/mol. The van der Waals surface area contributed by atoms with Crippen LogP contribution in [0.25, 0.3) is 0 Å². The van der Waals surface area contributed by atoms with E-state index >= 15 is 0 Å². The van der Waals surface area contributed by atoms with E-state index in [1.165, 1.54) is 6.42 Å². The summed E-state index contributed by atoms with van der Waals surface area (Å²) in [6.07, 6.45) is 7.41. The maximum Gasteiger partial charge on any atom is 0.246 e. The number of hydrogen-bond acceptors (Lipinski definition) is 5. The Labute approximate surface area is 206 Å². The van der Waals surface area contributed by atoms with E-state index in [0.29, 0.717) is 38.8 Å². The van der Waals surface area contributed by atoms with Gasteiger partial charge in [-0.2, -0.15) is 0 Å². The number of rotatable bonds is 9. The van der Waals surface area contributed by atoms with Gasteiger partial charge in [0.2, 0.25) is 17.7 Å². The quantitative estimate of drug-likeness (QED) is 0.465. The molecule has 1 spiro atoms. The van der Waals surface area contributed by atoms with Gasteiger partial charge < -0.3 is 25.4 Å². The Bertz CT molecular complexity index is 934. The van der Waals surface area contributed by atoms with Gasteiger partial charge >= 0.3 is 0 Å². The first-order chi connectivity index (χ1) is 17.0. The summed E-state index contributed by atoms with van der Waals surface area (Å²) in [7, 11) is 0. The topological polar surface area (TPSA) is 108 Å². The lowest BCUT2D eigenvalue weighted by molar-refractivity contribution is -0.142. The zero-order valence-electron chi connectivity index (χ0n) is 20.3. The Kier molecular flexibility index (Phi) is 7.12. The Morgan fingerprint density at radius 2 is 1.83 bits per heavy atom. The summed E-state index contributed by atoms with van der Waals surface area (Å²) in [5.41, 5.74) is 0.0434. The van der Waals surface area contributed by atoms with Crippen molar-refractivity contribution in [3.05, 3.63) is 35.9 Å².